The molecule has 0 radical (unpaired) electrons. The van der Waals surface area contributed by atoms with Crippen molar-refractivity contribution >= 4 is 9.84 Å². The highest BCUT2D eigenvalue weighted by Gasteiger charge is 2.28. The molecule has 1 heterocycles. The number of nitrogens with zero attached hydrogens (tertiary/aromatic N) is 1. The predicted octanol–water partition coefficient (Wildman–Crippen LogP) is 4.07. The van der Waals surface area contributed by atoms with Gasteiger partial charge in [0.2, 0.25) is 0 Å². The lowest BCUT2D eigenvalue weighted by Crippen LogP contribution is -2.37. The van der Waals surface area contributed by atoms with Crippen molar-refractivity contribution in [1.29, 1.82) is 0 Å². The standard InChI is InChI=1S/C21H24F3NO4S/c1-30(26,27)20-7-2-4-16(12-20)14-25-10-8-17(9-11-25)29-19-6-3-5-18(13-19)28-15-21(22,23)24/h2-7,12-13,17H,8-11,14-15H2,1H3. The Balaban J connectivity index is 1.50. The lowest BCUT2D eigenvalue weighted by atomic mass is 10.1. The third-order valence-corrected chi connectivity index (χ3v) is 5.89. The first-order valence-electron chi connectivity index (χ1n) is 9.56. The molecule has 0 aliphatic carbocycles. The quantitative estimate of drug-likeness (QED) is 0.646. The summed E-state index contributed by atoms with van der Waals surface area (Å²) in [6.45, 7) is 0.863. The van der Waals surface area contributed by atoms with Crippen molar-refractivity contribution in [3.8, 4) is 11.5 Å². The summed E-state index contributed by atoms with van der Waals surface area (Å²) >= 11 is 0. The van der Waals surface area contributed by atoms with Crippen LogP contribution in [0.5, 0.6) is 11.5 Å². The number of benzene rings is 2. The zero-order valence-electron chi connectivity index (χ0n) is 16.6. The van der Waals surface area contributed by atoms with E-state index in [0.29, 0.717) is 17.2 Å². The summed E-state index contributed by atoms with van der Waals surface area (Å²) in [6, 6.07) is 13.2. The molecule has 5 nitrogen and oxygen atoms in total. The van der Waals surface area contributed by atoms with Crippen molar-refractivity contribution in [3.63, 3.8) is 0 Å². The van der Waals surface area contributed by atoms with Gasteiger partial charge in [-0.05, 0) is 42.7 Å². The number of piperidine rings is 1. The summed E-state index contributed by atoms with van der Waals surface area (Å²) in [7, 11) is -3.24. The number of sulfone groups is 1. The van der Waals surface area contributed by atoms with Crippen LogP contribution in [0.2, 0.25) is 0 Å². The number of likely N-dealkylation sites (tertiary alicyclic amines) is 1. The summed E-state index contributed by atoms with van der Waals surface area (Å²) in [5.41, 5.74) is 0.937. The van der Waals surface area contributed by atoms with Crippen molar-refractivity contribution in [2.45, 2.75) is 36.6 Å². The van der Waals surface area contributed by atoms with Gasteiger partial charge in [-0.15, -0.1) is 0 Å². The number of rotatable bonds is 7. The molecule has 1 fully saturated rings. The monoisotopic (exact) mass is 443 g/mol. The Bertz CT molecular complexity index is 955. The molecule has 0 N–H and O–H groups in total. The van der Waals surface area contributed by atoms with Crippen LogP contribution in [0.25, 0.3) is 0 Å². The van der Waals surface area contributed by atoms with Gasteiger partial charge in [-0.1, -0.05) is 18.2 Å². The first kappa shape index (κ1) is 22.4. The van der Waals surface area contributed by atoms with E-state index in [0.717, 1.165) is 31.5 Å². The van der Waals surface area contributed by atoms with Crippen LogP contribution >= 0.6 is 0 Å². The molecule has 3 rings (SSSR count). The van der Waals surface area contributed by atoms with E-state index in [9.17, 15) is 21.6 Å². The van der Waals surface area contributed by atoms with Gasteiger partial charge in [0.05, 0.1) is 4.90 Å². The third-order valence-electron chi connectivity index (χ3n) is 4.78. The van der Waals surface area contributed by atoms with E-state index in [1.165, 1.54) is 18.4 Å². The zero-order chi connectivity index (χ0) is 21.8. The number of hydrogen-bond donors (Lipinski definition) is 0. The first-order chi connectivity index (χ1) is 14.1. The number of halogens is 3. The van der Waals surface area contributed by atoms with Crippen LogP contribution in [0.3, 0.4) is 0 Å². The fourth-order valence-electron chi connectivity index (χ4n) is 3.31. The first-order valence-corrected chi connectivity index (χ1v) is 11.5. The second-order valence-electron chi connectivity index (χ2n) is 7.39. The minimum absolute atomic E-state index is 0.0403. The van der Waals surface area contributed by atoms with Crippen molar-refractivity contribution in [3.05, 3.63) is 54.1 Å². The Morgan fingerprint density at radius 1 is 1.03 bits per heavy atom. The molecule has 164 valence electrons. The van der Waals surface area contributed by atoms with E-state index in [2.05, 4.69) is 4.90 Å². The highest BCUT2D eigenvalue weighted by molar-refractivity contribution is 7.90. The van der Waals surface area contributed by atoms with E-state index < -0.39 is 22.6 Å². The Morgan fingerprint density at radius 3 is 2.37 bits per heavy atom. The molecule has 2 aromatic rings. The molecule has 0 aromatic heterocycles. The minimum atomic E-state index is -4.38. The van der Waals surface area contributed by atoms with E-state index in [-0.39, 0.29) is 11.9 Å². The summed E-state index contributed by atoms with van der Waals surface area (Å²) in [5.74, 6) is 0.599. The Labute approximate surface area is 174 Å². The maximum atomic E-state index is 12.3. The normalized spacial score (nSPS) is 16.4. The molecular weight excluding hydrogens is 419 g/mol. The molecule has 0 saturated carbocycles. The number of alkyl halides is 3. The Kier molecular flexibility index (Phi) is 6.92. The van der Waals surface area contributed by atoms with Gasteiger partial charge in [0.15, 0.2) is 16.4 Å². The van der Waals surface area contributed by atoms with Gasteiger partial charge >= 0.3 is 6.18 Å². The lowest BCUT2D eigenvalue weighted by Gasteiger charge is -2.32. The molecular formula is C21H24F3NO4S. The van der Waals surface area contributed by atoms with Crippen LogP contribution in [0.1, 0.15) is 18.4 Å². The van der Waals surface area contributed by atoms with Crippen LogP contribution in [0, 0.1) is 0 Å². The molecule has 0 atom stereocenters. The molecule has 0 bridgehead atoms. The van der Waals surface area contributed by atoms with E-state index in [1.807, 2.05) is 6.07 Å². The van der Waals surface area contributed by atoms with Gasteiger partial charge in [-0.2, -0.15) is 13.2 Å². The van der Waals surface area contributed by atoms with Gasteiger partial charge in [0, 0.05) is 32.0 Å². The highest BCUT2D eigenvalue weighted by atomic mass is 32.2. The van der Waals surface area contributed by atoms with E-state index in [1.54, 1.807) is 30.3 Å². The molecule has 0 unspecified atom stereocenters. The summed E-state index contributed by atoms with van der Waals surface area (Å²) < 4.78 is 71.0. The maximum Gasteiger partial charge on any atom is 0.422 e. The molecule has 1 aliphatic rings. The van der Waals surface area contributed by atoms with Crippen LogP contribution in [-0.4, -0.2) is 51.6 Å². The van der Waals surface area contributed by atoms with Crippen molar-refractivity contribution in [1.82, 2.24) is 4.90 Å². The second-order valence-corrected chi connectivity index (χ2v) is 9.41. The SMILES string of the molecule is CS(=O)(=O)c1cccc(CN2CCC(Oc3cccc(OCC(F)(F)F)c3)CC2)c1. The highest BCUT2D eigenvalue weighted by Crippen LogP contribution is 2.25. The Hall–Kier alpha value is -2.26. The van der Waals surface area contributed by atoms with Crippen LogP contribution in [-0.2, 0) is 16.4 Å². The van der Waals surface area contributed by atoms with Crippen LogP contribution in [0.15, 0.2) is 53.4 Å². The van der Waals surface area contributed by atoms with Crippen molar-refractivity contribution in [2.75, 3.05) is 26.0 Å². The number of ether oxygens (including phenoxy) is 2. The zero-order valence-corrected chi connectivity index (χ0v) is 17.4. The average molecular weight is 443 g/mol. The van der Waals surface area contributed by atoms with Crippen molar-refractivity contribution in [2.24, 2.45) is 0 Å². The molecule has 1 aliphatic heterocycles. The maximum absolute atomic E-state index is 12.3. The molecule has 9 heteroatoms. The lowest BCUT2D eigenvalue weighted by molar-refractivity contribution is -0.153. The van der Waals surface area contributed by atoms with Crippen LogP contribution < -0.4 is 9.47 Å². The molecule has 0 spiro atoms. The average Bonchev–Trinajstić information content (AvgIpc) is 2.67. The van der Waals surface area contributed by atoms with Gasteiger partial charge in [0.1, 0.15) is 17.6 Å². The summed E-state index contributed by atoms with van der Waals surface area (Å²) in [4.78, 5) is 2.54. The smallest absolute Gasteiger partial charge is 0.422 e. The fourth-order valence-corrected chi connectivity index (χ4v) is 4.00. The molecule has 0 amide bonds. The van der Waals surface area contributed by atoms with Gasteiger partial charge < -0.3 is 9.47 Å². The molecule has 1 saturated heterocycles. The molecule has 2 aromatic carbocycles. The second kappa shape index (κ2) is 9.26. The van der Waals surface area contributed by atoms with Crippen molar-refractivity contribution < 1.29 is 31.1 Å². The Morgan fingerprint density at radius 2 is 1.70 bits per heavy atom. The van der Waals surface area contributed by atoms with E-state index in [4.69, 9.17) is 9.47 Å². The molecule has 30 heavy (non-hydrogen) atoms. The largest absolute Gasteiger partial charge is 0.490 e. The third kappa shape index (κ3) is 6.91. The minimum Gasteiger partial charge on any atom is -0.490 e. The van der Waals surface area contributed by atoms with Gasteiger partial charge in [0.25, 0.3) is 0 Å². The summed E-state index contributed by atoms with van der Waals surface area (Å²) in [5, 5.41) is 0. The predicted molar refractivity (Wildman–Crippen MR) is 106 cm³/mol. The van der Waals surface area contributed by atoms with Gasteiger partial charge in [-0.3, -0.25) is 4.90 Å². The topological polar surface area (TPSA) is 55.8 Å². The van der Waals surface area contributed by atoms with Gasteiger partial charge in [-0.25, -0.2) is 8.42 Å². The van der Waals surface area contributed by atoms with E-state index >= 15 is 0 Å². The summed E-state index contributed by atoms with van der Waals surface area (Å²) in [6.07, 6.45) is -1.71. The van der Waals surface area contributed by atoms with Crippen LogP contribution in [0.4, 0.5) is 13.2 Å². The number of hydrogen-bond acceptors (Lipinski definition) is 5. The fraction of sp³-hybridized carbons (Fsp3) is 0.429.